The zero-order valence-electron chi connectivity index (χ0n) is 19.3. The van der Waals surface area contributed by atoms with Gasteiger partial charge in [-0.2, -0.15) is 13.2 Å². The van der Waals surface area contributed by atoms with Crippen molar-refractivity contribution in [3.05, 3.63) is 52.7 Å². The van der Waals surface area contributed by atoms with Gasteiger partial charge in [0.25, 0.3) is 0 Å². The average Bonchev–Trinajstić information content (AvgIpc) is 3.08. The van der Waals surface area contributed by atoms with E-state index in [1.807, 2.05) is 4.57 Å². The minimum Gasteiger partial charge on any atom is -0.493 e. The van der Waals surface area contributed by atoms with E-state index >= 15 is 0 Å². The number of benzene rings is 1. The summed E-state index contributed by atoms with van der Waals surface area (Å²) in [5.74, 6) is 1.36. The van der Waals surface area contributed by atoms with Gasteiger partial charge >= 0.3 is 6.18 Å². The monoisotopic (exact) mass is 523 g/mol. The van der Waals surface area contributed by atoms with Crippen molar-refractivity contribution >= 4 is 23.4 Å². The number of fused-ring (bicyclic) bond motifs is 3. The normalized spacial score (nSPS) is 18.8. The molecule has 1 aromatic carbocycles. The maximum Gasteiger partial charge on any atom is 0.401 e. The summed E-state index contributed by atoms with van der Waals surface area (Å²) in [5.41, 5.74) is 1.46. The highest BCUT2D eigenvalue weighted by Crippen LogP contribution is 2.44. The van der Waals surface area contributed by atoms with Crippen molar-refractivity contribution in [2.45, 2.75) is 19.3 Å². The van der Waals surface area contributed by atoms with Crippen LogP contribution in [0.15, 0.2) is 30.5 Å². The molecule has 0 N–H and O–H groups in total. The fraction of sp³-hybridized carbons (Fsp3) is 0.435. The van der Waals surface area contributed by atoms with Crippen molar-refractivity contribution in [2.24, 2.45) is 5.41 Å². The van der Waals surface area contributed by atoms with Gasteiger partial charge < -0.3 is 14.5 Å². The lowest BCUT2D eigenvalue weighted by atomic mass is 9.73. The van der Waals surface area contributed by atoms with Crippen LogP contribution >= 0.6 is 11.6 Å². The molecule has 8 nitrogen and oxygen atoms in total. The van der Waals surface area contributed by atoms with Crippen LogP contribution in [0.4, 0.5) is 29.3 Å². The summed E-state index contributed by atoms with van der Waals surface area (Å²) in [6.07, 6.45) is -3.18. The summed E-state index contributed by atoms with van der Waals surface area (Å²) in [4.78, 5) is 9.63. The van der Waals surface area contributed by atoms with Gasteiger partial charge in [-0.3, -0.25) is 9.47 Å². The van der Waals surface area contributed by atoms with Crippen molar-refractivity contribution in [1.29, 1.82) is 0 Å². The van der Waals surface area contributed by atoms with E-state index in [4.69, 9.17) is 16.3 Å². The Morgan fingerprint density at radius 2 is 1.81 bits per heavy atom. The molecule has 0 amide bonds. The molecule has 2 fully saturated rings. The first-order chi connectivity index (χ1) is 17.1. The van der Waals surface area contributed by atoms with Crippen molar-refractivity contribution in [2.75, 3.05) is 49.6 Å². The van der Waals surface area contributed by atoms with Crippen molar-refractivity contribution in [3.63, 3.8) is 0 Å². The predicted molar refractivity (Wildman–Crippen MR) is 124 cm³/mol. The Labute approximate surface area is 209 Å². The third-order valence-electron chi connectivity index (χ3n) is 6.89. The zero-order chi connectivity index (χ0) is 25.2. The number of anilines is 2. The molecule has 13 heteroatoms. The van der Waals surface area contributed by atoms with Crippen LogP contribution in [0.3, 0.4) is 0 Å². The largest absolute Gasteiger partial charge is 0.493 e. The zero-order valence-corrected chi connectivity index (χ0v) is 20.0. The number of rotatable bonds is 4. The number of hydrogen-bond donors (Lipinski definition) is 0. The highest BCUT2D eigenvalue weighted by molar-refractivity contribution is 6.30. The van der Waals surface area contributed by atoms with Gasteiger partial charge in [0.15, 0.2) is 17.4 Å². The number of ether oxygens (including phenoxy) is 1. The first-order valence-electron chi connectivity index (χ1n) is 11.3. The minimum absolute atomic E-state index is 0.0175. The maximum atomic E-state index is 13.7. The SMILES string of the molecule is COc1cc(N2CC3(C2)CN(c2nnc4n2-c2ccc(Cl)cc2CN(CC(F)(F)F)C4)C3)ncc1F. The van der Waals surface area contributed by atoms with E-state index in [0.717, 1.165) is 38.1 Å². The van der Waals surface area contributed by atoms with E-state index in [2.05, 4.69) is 25.0 Å². The topological polar surface area (TPSA) is 62.6 Å². The number of pyridine rings is 1. The molecule has 190 valence electrons. The summed E-state index contributed by atoms with van der Waals surface area (Å²) < 4.78 is 60.2. The molecule has 0 atom stereocenters. The molecular weight excluding hydrogens is 502 g/mol. The van der Waals surface area contributed by atoms with Crippen molar-refractivity contribution in [3.8, 4) is 11.4 Å². The van der Waals surface area contributed by atoms with E-state index in [0.29, 0.717) is 28.2 Å². The van der Waals surface area contributed by atoms with Crippen LogP contribution < -0.4 is 14.5 Å². The average molecular weight is 524 g/mol. The molecule has 0 unspecified atom stereocenters. The van der Waals surface area contributed by atoms with Gasteiger partial charge in [-0.1, -0.05) is 11.6 Å². The molecule has 0 saturated carbocycles. The van der Waals surface area contributed by atoms with Gasteiger partial charge in [0, 0.05) is 49.2 Å². The van der Waals surface area contributed by atoms with E-state index < -0.39 is 18.5 Å². The van der Waals surface area contributed by atoms with Crippen LogP contribution in [0.5, 0.6) is 5.75 Å². The van der Waals surface area contributed by atoms with E-state index in [9.17, 15) is 17.6 Å². The Morgan fingerprint density at radius 3 is 2.53 bits per heavy atom. The molecule has 0 aliphatic carbocycles. The lowest BCUT2D eigenvalue weighted by Crippen LogP contribution is -2.73. The first kappa shape index (κ1) is 23.3. The molecule has 5 heterocycles. The van der Waals surface area contributed by atoms with Crippen molar-refractivity contribution in [1.82, 2.24) is 24.6 Å². The Kier molecular flexibility index (Phi) is 5.31. The Bertz CT molecular complexity index is 1320. The molecule has 3 aliphatic rings. The fourth-order valence-corrected chi connectivity index (χ4v) is 5.59. The van der Waals surface area contributed by atoms with E-state index in [-0.39, 0.29) is 24.3 Å². The number of halogens is 5. The third-order valence-corrected chi connectivity index (χ3v) is 7.13. The minimum atomic E-state index is -4.33. The molecule has 0 radical (unpaired) electrons. The lowest BCUT2D eigenvalue weighted by Gasteiger charge is -2.60. The Hall–Kier alpha value is -3.12. The second-order valence-corrected chi connectivity index (χ2v) is 10.1. The van der Waals surface area contributed by atoms with E-state index in [1.165, 1.54) is 12.0 Å². The van der Waals surface area contributed by atoms with Gasteiger partial charge in [-0.05, 0) is 23.8 Å². The van der Waals surface area contributed by atoms with Gasteiger partial charge in [0.1, 0.15) is 5.82 Å². The molecule has 2 saturated heterocycles. The predicted octanol–water partition coefficient (Wildman–Crippen LogP) is 3.67. The number of alkyl halides is 3. The fourth-order valence-electron chi connectivity index (χ4n) is 5.39. The van der Waals surface area contributed by atoms with Gasteiger partial charge in [-0.25, -0.2) is 9.37 Å². The van der Waals surface area contributed by atoms with Gasteiger partial charge in [-0.15, -0.1) is 10.2 Å². The van der Waals surface area contributed by atoms with Crippen LogP contribution in [0, 0.1) is 11.2 Å². The maximum absolute atomic E-state index is 13.7. The molecule has 2 aromatic heterocycles. The standard InChI is InChI=1S/C23H22ClF4N7O/c1-36-18-5-19(29-6-16(18)25)33-9-22(10-33)11-34(12-22)21-31-30-20-8-32(13-23(26,27)28)7-14-4-15(24)2-3-17(14)35(20)21/h2-6H,7-13H2,1H3. The third kappa shape index (κ3) is 4.01. The van der Waals surface area contributed by atoms with Crippen molar-refractivity contribution < 1.29 is 22.3 Å². The second-order valence-electron chi connectivity index (χ2n) is 9.67. The molecule has 6 rings (SSSR count). The quantitative estimate of drug-likeness (QED) is 0.484. The number of methoxy groups -OCH3 is 1. The first-order valence-corrected chi connectivity index (χ1v) is 11.7. The summed E-state index contributed by atoms with van der Waals surface area (Å²) in [6, 6.07) is 6.81. The Balaban J connectivity index is 1.22. The molecule has 36 heavy (non-hydrogen) atoms. The number of hydrogen-bond acceptors (Lipinski definition) is 7. The van der Waals surface area contributed by atoms with Gasteiger partial charge in [0.05, 0.1) is 32.1 Å². The van der Waals surface area contributed by atoms with Crippen LogP contribution in [-0.4, -0.2) is 70.7 Å². The number of aromatic nitrogens is 4. The Morgan fingerprint density at radius 1 is 1.06 bits per heavy atom. The summed E-state index contributed by atoms with van der Waals surface area (Å²) in [7, 11) is 1.42. The molecule has 3 aliphatic heterocycles. The van der Waals surface area contributed by atoms with Gasteiger partial charge in [0.2, 0.25) is 5.95 Å². The molecule has 0 bridgehead atoms. The molecule has 3 aromatic rings. The van der Waals surface area contributed by atoms with E-state index in [1.54, 1.807) is 24.3 Å². The van der Waals surface area contributed by atoms with Crippen LogP contribution in [-0.2, 0) is 13.1 Å². The van der Waals surface area contributed by atoms with Crippen LogP contribution in [0.2, 0.25) is 5.02 Å². The van der Waals surface area contributed by atoms with Crippen LogP contribution in [0.1, 0.15) is 11.4 Å². The summed E-state index contributed by atoms with van der Waals surface area (Å²) >= 11 is 6.18. The highest BCUT2D eigenvalue weighted by atomic mass is 35.5. The molecular formula is C23H22ClF4N7O. The second kappa shape index (κ2) is 8.20. The lowest BCUT2D eigenvalue weighted by molar-refractivity contribution is -0.148. The molecule has 1 spiro atoms. The summed E-state index contributed by atoms with van der Waals surface area (Å²) in [5, 5.41) is 9.08. The van der Waals surface area contributed by atoms with Crippen LogP contribution in [0.25, 0.3) is 5.69 Å². The number of nitrogens with zero attached hydrogens (tertiary/aromatic N) is 7. The smallest absolute Gasteiger partial charge is 0.401 e. The highest BCUT2D eigenvalue weighted by Gasteiger charge is 2.53. The summed E-state index contributed by atoms with van der Waals surface area (Å²) in [6.45, 7) is 2.00.